The topological polar surface area (TPSA) is 62.2 Å². The molecule has 92 valence electrons. The van der Waals surface area contributed by atoms with Crippen LogP contribution < -0.4 is 5.32 Å². The highest BCUT2D eigenvalue weighted by molar-refractivity contribution is 5.85. The number of carbonyl (C=O) groups excluding carboxylic acids is 1. The van der Waals surface area contributed by atoms with Gasteiger partial charge in [-0.25, -0.2) is 4.79 Å². The summed E-state index contributed by atoms with van der Waals surface area (Å²) in [4.78, 5) is 11.4. The predicted octanol–water partition coefficient (Wildman–Crippen LogP) is 2.72. The molecule has 0 aliphatic heterocycles. The molecular weight excluding hydrogens is 204 g/mol. The highest BCUT2D eigenvalue weighted by atomic mass is 16.6. The minimum atomic E-state index is -0.454. The number of ether oxygens (including phenoxy) is 1. The fourth-order valence-electron chi connectivity index (χ4n) is 1.83. The monoisotopic (exact) mass is 226 g/mol. The summed E-state index contributed by atoms with van der Waals surface area (Å²) in [6.07, 6.45) is 3.77. The highest BCUT2D eigenvalue weighted by Gasteiger charge is 2.21. The van der Waals surface area contributed by atoms with Gasteiger partial charge in [0.25, 0.3) is 0 Å². The molecule has 0 bridgehead atoms. The van der Waals surface area contributed by atoms with E-state index in [1.807, 2.05) is 20.8 Å². The molecule has 1 fully saturated rings. The van der Waals surface area contributed by atoms with E-state index in [2.05, 4.69) is 5.32 Å². The summed E-state index contributed by atoms with van der Waals surface area (Å²) in [5.74, 6) is 0.210. The molecule has 1 rings (SSSR count). The average Bonchev–Trinajstić information content (AvgIpc) is 2.14. The molecule has 1 saturated carbocycles. The second kappa shape index (κ2) is 5.32. The predicted molar refractivity (Wildman–Crippen MR) is 63.9 cm³/mol. The zero-order valence-electron chi connectivity index (χ0n) is 10.4. The number of nitrogens with one attached hydrogen (secondary N) is 2. The Bertz CT molecular complexity index is 269. The van der Waals surface area contributed by atoms with Crippen LogP contribution in [0.15, 0.2) is 0 Å². The molecule has 16 heavy (non-hydrogen) atoms. The van der Waals surface area contributed by atoms with Crippen molar-refractivity contribution in [3.8, 4) is 0 Å². The molecule has 1 aliphatic carbocycles. The van der Waals surface area contributed by atoms with Gasteiger partial charge < -0.3 is 15.5 Å². The van der Waals surface area contributed by atoms with Gasteiger partial charge in [0.1, 0.15) is 5.60 Å². The Hall–Kier alpha value is -1.06. The first-order valence-electron chi connectivity index (χ1n) is 5.92. The Kier molecular flexibility index (Phi) is 4.33. The van der Waals surface area contributed by atoms with Gasteiger partial charge in [-0.3, -0.25) is 0 Å². The van der Waals surface area contributed by atoms with Crippen LogP contribution in [-0.2, 0) is 4.74 Å². The van der Waals surface area contributed by atoms with Gasteiger partial charge in [0.15, 0.2) is 0 Å². The summed E-state index contributed by atoms with van der Waals surface area (Å²) in [5.41, 5.74) is 0.312. The Morgan fingerprint density at radius 2 is 2.19 bits per heavy atom. The van der Waals surface area contributed by atoms with Crippen molar-refractivity contribution in [2.75, 3.05) is 6.54 Å². The first kappa shape index (κ1) is 13.0. The van der Waals surface area contributed by atoms with Crippen LogP contribution in [0.2, 0.25) is 0 Å². The molecular formula is C12H22N2O2. The second-order valence-electron chi connectivity index (χ2n) is 5.35. The first-order valence-corrected chi connectivity index (χ1v) is 5.92. The molecule has 0 saturated heterocycles. The number of carbonyl (C=O) groups is 1. The van der Waals surface area contributed by atoms with Crippen LogP contribution in [0.3, 0.4) is 0 Å². The van der Waals surface area contributed by atoms with E-state index in [4.69, 9.17) is 10.1 Å². The van der Waals surface area contributed by atoms with Crippen molar-refractivity contribution in [1.29, 1.82) is 5.41 Å². The lowest BCUT2D eigenvalue weighted by Crippen LogP contribution is -2.37. The Balaban J connectivity index is 2.28. The van der Waals surface area contributed by atoms with E-state index < -0.39 is 5.60 Å². The van der Waals surface area contributed by atoms with Crippen LogP contribution in [0.25, 0.3) is 0 Å². The van der Waals surface area contributed by atoms with Crippen molar-refractivity contribution in [2.45, 2.75) is 52.1 Å². The molecule has 4 heteroatoms. The van der Waals surface area contributed by atoms with E-state index >= 15 is 0 Å². The lowest BCUT2D eigenvalue weighted by atomic mass is 9.87. The summed E-state index contributed by atoms with van der Waals surface area (Å²) in [6, 6.07) is 0. The third kappa shape index (κ3) is 4.64. The van der Waals surface area contributed by atoms with Crippen LogP contribution in [0.5, 0.6) is 0 Å². The molecule has 0 aromatic rings. The quantitative estimate of drug-likeness (QED) is 0.760. The molecule has 0 heterocycles. The summed E-state index contributed by atoms with van der Waals surface area (Å²) in [6.45, 7) is 6.06. The molecule has 0 radical (unpaired) electrons. The van der Waals surface area contributed by atoms with Gasteiger partial charge in [-0.1, -0.05) is 6.42 Å². The molecule has 2 N–H and O–H groups in total. The Morgan fingerprint density at radius 1 is 1.50 bits per heavy atom. The van der Waals surface area contributed by atoms with Crippen LogP contribution in [-0.4, -0.2) is 24.0 Å². The number of rotatable bonds is 2. The van der Waals surface area contributed by atoms with Crippen molar-refractivity contribution in [3.63, 3.8) is 0 Å². The molecule has 0 aromatic heterocycles. The number of amides is 1. The van der Waals surface area contributed by atoms with Crippen LogP contribution in [0.1, 0.15) is 46.5 Å². The number of hydrogen-bond acceptors (Lipinski definition) is 3. The average molecular weight is 226 g/mol. The molecule has 1 aliphatic rings. The van der Waals surface area contributed by atoms with Crippen molar-refractivity contribution >= 4 is 11.8 Å². The molecule has 1 amide bonds. The third-order valence-corrected chi connectivity index (χ3v) is 2.63. The van der Waals surface area contributed by atoms with Crippen molar-refractivity contribution in [2.24, 2.45) is 5.92 Å². The third-order valence-electron chi connectivity index (χ3n) is 2.63. The zero-order chi connectivity index (χ0) is 12.2. The van der Waals surface area contributed by atoms with E-state index in [1.54, 1.807) is 0 Å². The Morgan fingerprint density at radius 3 is 2.75 bits per heavy atom. The van der Waals surface area contributed by atoms with Crippen LogP contribution in [0, 0.1) is 11.3 Å². The maximum Gasteiger partial charge on any atom is 0.407 e. The van der Waals surface area contributed by atoms with Crippen LogP contribution in [0.4, 0.5) is 4.79 Å². The van der Waals surface area contributed by atoms with Gasteiger partial charge >= 0.3 is 6.09 Å². The Labute approximate surface area is 97.3 Å². The minimum absolute atomic E-state index is 0.210. The zero-order valence-corrected chi connectivity index (χ0v) is 10.4. The van der Waals surface area contributed by atoms with E-state index in [9.17, 15) is 4.79 Å². The molecule has 1 unspecified atom stereocenters. The summed E-state index contributed by atoms with van der Waals surface area (Å²) in [5, 5.41) is 10.5. The molecule has 4 nitrogen and oxygen atoms in total. The SMILES string of the molecule is CC(C)(C)OC(=O)NCC1CCCCC1=N. The summed E-state index contributed by atoms with van der Waals surface area (Å²) < 4.78 is 5.14. The van der Waals surface area contributed by atoms with Crippen LogP contribution >= 0.6 is 0 Å². The van der Waals surface area contributed by atoms with E-state index in [-0.39, 0.29) is 12.0 Å². The second-order valence-corrected chi connectivity index (χ2v) is 5.35. The van der Waals surface area contributed by atoms with Gasteiger partial charge in [0, 0.05) is 18.2 Å². The van der Waals surface area contributed by atoms with Gasteiger partial charge in [0.2, 0.25) is 0 Å². The summed E-state index contributed by atoms with van der Waals surface area (Å²) in [7, 11) is 0. The maximum atomic E-state index is 11.4. The first-order chi connectivity index (χ1) is 7.38. The van der Waals surface area contributed by atoms with Crippen molar-refractivity contribution < 1.29 is 9.53 Å². The fourth-order valence-corrected chi connectivity index (χ4v) is 1.83. The largest absolute Gasteiger partial charge is 0.444 e. The molecule has 0 spiro atoms. The maximum absolute atomic E-state index is 11.4. The highest BCUT2D eigenvalue weighted by Crippen LogP contribution is 2.20. The fraction of sp³-hybridized carbons (Fsp3) is 0.833. The normalized spacial score (nSPS) is 21.7. The van der Waals surface area contributed by atoms with Gasteiger partial charge in [-0.2, -0.15) is 0 Å². The van der Waals surface area contributed by atoms with Crippen molar-refractivity contribution in [3.05, 3.63) is 0 Å². The van der Waals surface area contributed by atoms with Crippen molar-refractivity contribution in [1.82, 2.24) is 5.32 Å². The summed E-state index contributed by atoms with van der Waals surface area (Å²) >= 11 is 0. The van der Waals surface area contributed by atoms with Gasteiger partial charge in [0.05, 0.1) is 0 Å². The number of alkyl carbamates (subject to hydrolysis) is 1. The van der Waals surface area contributed by atoms with E-state index in [0.29, 0.717) is 6.54 Å². The van der Waals surface area contributed by atoms with E-state index in [0.717, 1.165) is 31.4 Å². The lowest BCUT2D eigenvalue weighted by Gasteiger charge is -2.24. The molecule has 0 aromatic carbocycles. The minimum Gasteiger partial charge on any atom is -0.444 e. The van der Waals surface area contributed by atoms with E-state index in [1.165, 1.54) is 0 Å². The van der Waals surface area contributed by atoms with Gasteiger partial charge in [-0.05, 0) is 40.0 Å². The molecule has 1 atom stereocenters. The number of hydrogen-bond donors (Lipinski definition) is 2. The standard InChI is InChI=1S/C12H22N2O2/c1-12(2,3)16-11(15)14-8-9-6-4-5-7-10(9)13/h9,13H,4-8H2,1-3H3,(H,14,15). The lowest BCUT2D eigenvalue weighted by molar-refractivity contribution is 0.0522. The smallest absolute Gasteiger partial charge is 0.407 e. The van der Waals surface area contributed by atoms with Gasteiger partial charge in [-0.15, -0.1) is 0 Å².